The number of rotatable bonds is 8. The molecule has 0 aliphatic rings. The van der Waals surface area contributed by atoms with E-state index in [2.05, 4.69) is 13.8 Å². The topological polar surface area (TPSA) is 43.4 Å². The summed E-state index contributed by atoms with van der Waals surface area (Å²) in [5, 5.41) is 0. The fraction of sp³-hybridized carbons (Fsp3) is 0.889. The van der Waals surface area contributed by atoms with Gasteiger partial charge in [0.1, 0.15) is 0 Å². The van der Waals surface area contributed by atoms with Gasteiger partial charge in [-0.3, -0.25) is 0 Å². The molecule has 0 aliphatic heterocycles. The van der Waals surface area contributed by atoms with E-state index in [-0.39, 0.29) is 12.4 Å². The molecule has 0 bridgehead atoms. The quantitative estimate of drug-likeness (QED) is 0.566. The Kier molecular flexibility index (Phi) is 7.28. The van der Waals surface area contributed by atoms with Gasteiger partial charge >= 0.3 is 0 Å². The highest BCUT2D eigenvalue weighted by atomic mass is 32.2. The highest BCUT2D eigenvalue weighted by molar-refractivity contribution is 7.91. The average Bonchev–Trinajstić information content (AvgIpc) is 2.05. The van der Waals surface area contributed by atoms with Crippen molar-refractivity contribution >= 4 is 9.84 Å². The molecule has 0 fully saturated rings. The van der Waals surface area contributed by atoms with Gasteiger partial charge in [0.05, 0.1) is 18.1 Å². The van der Waals surface area contributed by atoms with E-state index in [9.17, 15) is 8.42 Å². The average molecular weight is 207 g/mol. The van der Waals surface area contributed by atoms with Gasteiger partial charge in [-0.25, -0.2) is 8.42 Å². The fourth-order valence-electron chi connectivity index (χ4n) is 0.962. The third-order valence-electron chi connectivity index (χ3n) is 1.74. The van der Waals surface area contributed by atoms with Crippen molar-refractivity contribution in [3.63, 3.8) is 0 Å². The Morgan fingerprint density at radius 3 is 2.46 bits per heavy atom. The third kappa shape index (κ3) is 8.25. The van der Waals surface area contributed by atoms with E-state index in [0.29, 0.717) is 12.4 Å². The number of hydrogen-bond donors (Lipinski definition) is 0. The van der Waals surface area contributed by atoms with Crippen LogP contribution in [0, 0.1) is 6.92 Å². The normalized spacial score (nSPS) is 11.8. The number of sulfone groups is 1. The van der Waals surface area contributed by atoms with Gasteiger partial charge in [-0.05, 0) is 13.3 Å². The van der Waals surface area contributed by atoms with E-state index in [4.69, 9.17) is 4.74 Å². The molecule has 0 N–H and O–H groups in total. The summed E-state index contributed by atoms with van der Waals surface area (Å²) >= 11 is 0. The first kappa shape index (κ1) is 12.9. The number of unbranched alkanes of at least 4 members (excludes halogenated alkanes) is 2. The van der Waals surface area contributed by atoms with Crippen LogP contribution in [0.2, 0.25) is 0 Å². The molecule has 1 radical (unpaired) electrons. The highest BCUT2D eigenvalue weighted by Gasteiger charge is 2.09. The molecule has 0 heterocycles. The van der Waals surface area contributed by atoms with Gasteiger partial charge in [0.2, 0.25) is 0 Å². The minimum atomic E-state index is -2.88. The smallest absolute Gasteiger partial charge is 0.152 e. The zero-order chi connectivity index (χ0) is 10.2. The maximum Gasteiger partial charge on any atom is 0.152 e. The van der Waals surface area contributed by atoms with Gasteiger partial charge in [0.15, 0.2) is 9.84 Å². The minimum Gasteiger partial charge on any atom is -0.380 e. The van der Waals surface area contributed by atoms with Crippen molar-refractivity contribution < 1.29 is 13.2 Å². The summed E-state index contributed by atoms with van der Waals surface area (Å²) in [6, 6.07) is 0. The predicted molar refractivity (Wildman–Crippen MR) is 54.4 cm³/mol. The van der Waals surface area contributed by atoms with Crippen LogP contribution in [0.25, 0.3) is 0 Å². The maximum absolute atomic E-state index is 11.3. The number of hydrogen-bond acceptors (Lipinski definition) is 3. The Hall–Kier alpha value is -0.0900. The highest BCUT2D eigenvalue weighted by Crippen LogP contribution is 2.00. The van der Waals surface area contributed by atoms with E-state index >= 15 is 0 Å². The zero-order valence-electron chi connectivity index (χ0n) is 8.29. The largest absolute Gasteiger partial charge is 0.380 e. The van der Waals surface area contributed by atoms with Gasteiger partial charge < -0.3 is 4.74 Å². The van der Waals surface area contributed by atoms with Gasteiger partial charge in [0, 0.05) is 6.61 Å². The second kappa shape index (κ2) is 7.33. The molecule has 0 aromatic rings. The van der Waals surface area contributed by atoms with Crippen molar-refractivity contribution in [3.8, 4) is 0 Å². The van der Waals surface area contributed by atoms with Crippen LogP contribution in [-0.2, 0) is 14.6 Å². The first-order valence-electron chi connectivity index (χ1n) is 4.70. The third-order valence-corrected chi connectivity index (χ3v) is 3.44. The molecule has 0 saturated carbocycles. The molecule has 0 amide bonds. The van der Waals surface area contributed by atoms with E-state index in [1.807, 2.05) is 0 Å². The van der Waals surface area contributed by atoms with Crippen LogP contribution in [0.5, 0.6) is 0 Å². The first-order chi connectivity index (χ1) is 6.12. The van der Waals surface area contributed by atoms with Crippen molar-refractivity contribution in [3.05, 3.63) is 6.92 Å². The predicted octanol–water partition coefficient (Wildman–Crippen LogP) is 1.44. The van der Waals surface area contributed by atoms with Crippen molar-refractivity contribution in [1.82, 2.24) is 0 Å². The van der Waals surface area contributed by atoms with Gasteiger partial charge in [0.25, 0.3) is 0 Å². The molecule has 0 aromatic heterocycles. The Morgan fingerprint density at radius 2 is 1.92 bits per heavy atom. The van der Waals surface area contributed by atoms with Crippen LogP contribution in [-0.4, -0.2) is 33.1 Å². The summed E-state index contributed by atoms with van der Waals surface area (Å²) in [4.78, 5) is 0. The molecule has 0 aliphatic carbocycles. The molecule has 0 rings (SSSR count). The van der Waals surface area contributed by atoms with Gasteiger partial charge in [-0.2, -0.15) is 0 Å². The Morgan fingerprint density at radius 1 is 1.23 bits per heavy atom. The van der Waals surface area contributed by atoms with Crippen molar-refractivity contribution in [2.45, 2.75) is 26.2 Å². The number of ether oxygens (including phenoxy) is 1. The summed E-state index contributed by atoms with van der Waals surface area (Å²) in [7, 11) is -2.88. The summed E-state index contributed by atoms with van der Waals surface area (Å²) < 4.78 is 27.4. The second-order valence-electron chi connectivity index (χ2n) is 2.97. The zero-order valence-corrected chi connectivity index (χ0v) is 9.11. The molecular formula is C9H19O3S. The fourth-order valence-corrected chi connectivity index (χ4v) is 2.18. The molecule has 79 valence electrons. The lowest BCUT2D eigenvalue weighted by Crippen LogP contribution is -2.15. The van der Waals surface area contributed by atoms with Crippen molar-refractivity contribution in [2.24, 2.45) is 0 Å². The Labute approximate surface area is 81.4 Å². The molecule has 0 aromatic carbocycles. The van der Waals surface area contributed by atoms with E-state index in [0.717, 1.165) is 19.3 Å². The lowest BCUT2D eigenvalue weighted by atomic mass is 10.3. The van der Waals surface area contributed by atoms with Gasteiger partial charge in [-0.1, -0.05) is 19.8 Å². The Bertz CT molecular complexity index is 181. The SMILES string of the molecule is [CH2]COCCS(=O)(=O)CCCCC. The molecule has 0 spiro atoms. The standard InChI is InChI=1S/C9H19O3S/c1-3-5-6-8-13(10,11)9-7-12-4-2/h2-9H2,1H3. The molecule has 0 unspecified atom stereocenters. The van der Waals surface area contributed by atoms with Crippen LogP contribution in [0.1, 0.15) is 26.2 Å². The Balaban J connectivity index is 3.55. The molecule has 13 heavy (non-hydrogen) atoms. The second-order valence-corrected chi connectivity index (χ2v) is 5.27. The molecule has 4 heteroatoms. The van der Waals surface area contributed by atoms with Crippen LogP contribution >= 0.6 is 0 Å². The summed E-state index contributed by atoms with van der Waals surface area (Å²) in [5.74, 6) is 0.424. The van der Waals surface area contributed by atoms with Crippen LogP contribution in [0.15, 0.2) is 0 Å². The van der Waals surface area contributed by atoms with Crippen LogP contribution in [0.3, 0.4) is 0 Å². The molecule has 3 nitrogen and oxygen atoms in total. The van der Waals surface area contributed by atoms with Crippen molar-refractivity contribution in [1.29, 1.82) is 0 Å². The molecule has 0 atom stereocenters. The molecular weight excluding hydrogens is 188 g/mol. The van der Waals surface area contributed by atoms with E-state index in [1.165, 1.54) is 0 Å². The lowest BCUT2D eigenvalue weighted by Gasteiger charge is -2.03. The molecule has 0 saturated heterocycles. The van der Waals surface area contributed by atoms with Crippen molar-refractivity contribution in [2.75, 3.05) is 24.7 Å². The first-order valence-corrected chi connectivity index (χ1v) is 6.52. The maximum atomic E-state index is 11.3. The lowest BCUT2D eigenvalue weighted by molar-refractivity contribution is 0.177. The summed E-state index contributed by atoms with van der Waals surface area (Å²) in [5.41, 5.74) is 0. The van der Waals surface area contributed by atoms with Crippen LogP contribution in [0.4, 0.5) is 0 Å². The van der Waals surface area contributed by atoms with E-state index < -0.39 is 9.84 Å². The summed E-state index contributed by atoms with van der Waals surface area (Å²) in [6.45, 7) is 6.13. The monoisotopic (exact) mass is 207 g/mol. The minimum absolute atomic E-state index is 0.131. The van der Waals surface area contributed by atoms with E-state index in [1.54, 1.807) is 0 Å². The van der Waals surface area contributed by atoms with Gasteiger partial charge in [-0.15, -0.1) is 0 Å². The summed E-state index contributed by atoms with van der Waals surface area (Å²) in [6.07, 6.45) is 2.80. The van der Waals surface area contributed by atoms with Crippen LogP contribution < -0.4 is 0 Å².